The van der Waals surface area contributed by atoms with Gasteiger partial charge in [0, 0.05) is 31.5 Å². The number of alkyl halides is 3. The molecule has 0 unspecified atom stereocenters. The average molecular weight is 293 g/mol. The van der Waals surface area contributed by atoms with Crippen LogP contribution in [0.3, 0.4) is 0 Å². The Balaban J connectivity index is 1.86. The maximum absolute atomic E-state index is 13.5. The van der Waals surface area contributed by atoms with Crippen LogP contribution < -0.4 is 0 Å². The number of amides is 1. The van der Waals surface area contributed by atoms with E-state index in [1.165, 1.54) is 11.0 Å². The van der Waals surface area contributed by atoms with E-state index in [1.54, 1.807) is 0 Å². The standard InChI is InChI=1S/C13H12F5NO/c14-9-1-2-10(11(15)5-9)8-6-19(7-8)12(20)3-4-13(16,17)18/h1-2,5,8H,3-4,6-7H2. The second kappa shape index (κ2) is 5.38. The number of halogens is 5. The van der Waals surface area contributed by atoms with Crippen molar-refractivity contribution in [2.24, 2.45) is 0 Å². The van der Waals surface area contributed by atoms with Crippen molar-refractivity contribution in [2.75, 3.05) is 13.1 Å². The maximum Gasteiger partial charge on any atom is 0.389 e. The molecule has 1 amide bonds. The Kier molecular flexibility index (Phi) is 3.96. The van der Waals surface area contributed by atoms with Gasteiger partial charge in [-0.3, -0.25) is 4.79 Å². The van der Waals surface area contributed by atoms with E-state index in [0.29, 0.717) is 0 Å². The molecule has 0 saturated carbocycles. The van der Waals surface area contributed by atoms with Crippen molar-refractivity contribution in [3.8, 4) is 0 Å². The maximum atomic E-state index is 13.5. The van der Waals surface area contributed by atoms with E-state index >= 15 is 0 Å². The number of carbonyl (C=O) groups excluding carboxylic acids is 1. The highest BCUT2D eigenvalue weighted by Crippen LogP contribution is 2.30. The highest BCUT2D eigenvalue weighted by atomic mass is 19.4. The van der Waals surface area contributed by atoms with Gasteiger partial charge < -0.3 is 4.90 Å². The molecule has 1 aromatic rings. The van der Waals surface area contributed by atoms with Crippen molar-refractivity contribution < 1.29 is 26.7 Å². The Bertz CT molecular complexity index is 508. The Hall–Kier alpha value is -1.66. The lowest BCUT2D eigenvalue weighted by atomic mass is 9.90. The summed E-state index contributed by atoms with van der Waals surface area (Å²) < 4.78 is 62.1. The number of benzene rings is 1. The van der Waals surface area contributed by atoms with Gasteiger partial charge in [0.05, 0.1) is 6.42 Å². The third-order valence-electron chi connectivity index (χ3n) is 3.26. The highest BCUT2D eigenvalue weighted by Gasteiger charge is 2.35. The molecule has 1 aliphatic heterocycles. The van der Waals surface area contributed by atoms with Crippen LogP contribution in [0.15, 0.2) is 18.2 Å². The third-order valence-corrected chi connectivity index (χ3v) is 3.26. The van der Waals surface area contributed by atoms with Crippen LogP contribution in [0, 0.1) is 11.6 Å². The number of rotatable bonds is 3. The first-order valence-electron chi connectivity index (χ1n) is 6.06. The minimum Gasteiger partial charge on any atom is -0.341 e. The third kappa shape index (κ3) is 3.46. The van der Waals surface area contributed by atoms with Gasteiger partial charge in [0.25, 0.3) is 0 Å². The zero-order valence-electron chi connectivity index (χ0n) is 10.4. The quantitative estimate of drug-likeness (QED) is 0.784. The molecule has 0 atom stereocenters. The van der Waals surface area contributed by atoms with E-state index in [0.717, 1.165) is 12.1 Å². The van der Waals surface area contributed by atoms with Crippen LogP contribution in [0.25, 0.3) is 0 Å². The molecule has 20 heavy (non-hydrogen) atoms. The van der Waals surface area contributed by atoms with Crippen LogP contribution in [0.1, 0.15) is 24.3 Å². The van der Waals surface area contributed by atoms with Crippen LogP contribution in [0.2, 0.25) is 0 Å². The fourth-order valence-electron chi connectivity index (χ4n) is 2.12. The lowest BCUT2D eigenvalue weighted by Gasteiger charge is -2.39. The Morgan fingerprint density at radius 2 is 1.90 bits per heavy atom. The number of hydrogen-bond acceptors (Lipinski definition) is 1. The van der Waals surface area contributed by atoms with E-state index in [1.807, 2.05) is 0 Å². The van der Waals surface area contributed by atoms with E-state index in [9.17, 15) is 26.7 Å². The van der Waals surface area contributed by atoms with Crippen molar-refractivity contribution in [1.82, 2.24) is 4.90 Å². The Morgan fingerprint density at radius 3 is 2.45 bits per heavy atom. The molecule has 0 spiro atoms. The van der Waals surface area contributed by atoms with E-state index in [-0.39, 0.29) is 24.6 Å². The number of nitrogens with zero attached hydrogens (tertiary/aromatic N) is 1. The van der Waals surface area contributed by atoms with Gasteiger partial charge in [-0.1, -0.05) is 6.07 Å². The number of carbonyl (C=O) groups is 1. The minimum absolute atomic E-state index is 0.166. The first-order chi connectivity index (χ1) is 9.26. The lowest BCUT2D eigenvalue weighted by molar-refractivity contribution is -0.151. The van der Waals surface area contributed by atoms with Gasteiger partial charge in [-0.2, -0.15) is 13.2 Å². The number of hydrogen-bond donors (Lipinski definition) is 0. The molecule has 0 N–H and O–H groups in total. The van der Waals surface area contributed by atoms with Gasteiger partial charge in [-0.25, -0.2) is 8.78 Å². The fourth-order valence-corrected chi connectivity index (χ4v) is 2.12. The summed E-state index contributed by atoms with van der Waals surface area (Å²) >= 11 is 0. The monoisotopic (exact) mass is 293 g/mol. The minimum atomic E-state index is -4.36. The van der Waals surface area contributed by atoms with Crippen molar-refractivity contribution in [3.63, 3.8) is 0 Å². The van der Waals surface area contributed by atoms with Crippen LogP contribution in [0.4, 0.5) is 22.0 Å². The topological polar surface area (TPSA) is 20.3 Å². The predicted molar refractivity (Wildman–Crippen MR) is 61.0 cm³/mol. The van der Waals surface area contributed by atoms with Gasteiger partial charge >= 0.3 is 6.18 Å². The van der Waals surface area contributed by atoms with Crippen LogP contribution in [0.5, 0.6) is 0 Å². The molecule has 2 rings (SSSR count). The molecule has 1 saturated heterocycles. The second-order valence-corrected chi connectivity index (χ2v) is 4.78. The van der Waals surface area contributed by atoms with Gasteiger partial charge in [0.1, 0.15) is 11.6 Å². The van der Waals surface area contributed by atoms with E-state index in [4.69, 9.17) is 0 Å². The van der Waals surface area contributed by atoms with Crippen molar-refractivity contribution in [3.05, 3.63) is 35.4 Å². The van der Waals surface area contributed by atoms with Crippen LogP contribution in [-0.4, -0.2) is 30.1 Å². The summed E-state index contributed by atoms with van der Waals surface area (Å²) in [5.41, 5.74) is 0.284. The smallest absolute Gasteiger partial charge is 0.341 e. The molecule has 0 bridgehead atoms. The van der Waals surface area contributed by atoms with Crippen molar-refractivity contribution >= 4 is 5.91 Å². The van der Waals surface area contributed by atoms with Gasteiger partial charge in [0.15, 0.2) is 0 Å². The number of likely N-dealkylation sites (tertiary alicyclic amines) is 1. The Morgan fingerprint density at radius 1 is 1.25 bits per heavy atom. The van der Waals surface area contributed by atoms with Gasteiger partial charge in [0.2, 0.25) is 5.91 Å². The zero-order valence-corrected chi connectivity index (χ0v) is 10.4. The molecule has 1 aliphatic rings. The summed E-state index contributed by atoms with van der Waals surface area (Å²) in [5.74, 6) is -2.27. The highest BCUT2D eigenvalue weighted by molar-refractivity contribution is 5.77. The SMILES string of the molecule is O=C(CCC(F)(F)F)N1CC(c2ccc(F)cc2F)C1. The summed E-state index contributed by atoms with van der Waals surface area (Å²) in [5, 5.41) is 0. The lowest BCUT2D eigenvalue weighted by Crippen LogP contribution is -2.48. The van der Waals surface area contributed by atoms with Crippen LogP contribution >= 0.6 is 0 Å². The molecule has 0 radical (unpaired) electrons. The van der Waals surface area contributed by atoms with Gasteiger partial charge in [-0.15, -0.1) is 0 Å². The van der Waals surface area contributed by atoms with E-state index in [2.05, 4.69) is 0 Å². The van der Waals surface area contributed by atoms with E-state index < -0.39 is 36.6 Å². The second-order valence-electron chi connectivity index (χ2n) is 4.78. The average Bonchev–Trinajstić information content (AvgIpc) is 2.26. The summed E-state index contributed by atoms with van der Waals surface area (Å²) in [6.07, 6.45) is -6.11. The molecular formula is C13H12F5NO. The summed E-state index contributed by atoms with van der Waals surface area (Å²) in [6.45, 7) is 0.332. The molecule has 110 valence electrons. The summed E-state index contributed by atoms with van der Waals surface area (Å²) in [7, 11) is 0. The Labute approximate surface area is 112 Å². The molecule has 1 fully saturated rings. The zero-order chi connectivity index (χ0) is 14.9. The molecule has 0 aromatic heterocycles. The molecule has 0 aliphatic carbocycles. The van der Waals surface area contributed by atoms with Gasteiger partial charge in [-0.05, 0) is 11.6 Å². The molecule has 1 heterocycles. The molecule has 1 aromatic carbocycles. The van der Waals surface area contributed by atoms with Crippen LogP contribution in [-0.2, 0) is 4.79 Å². The summed E-state index contributed by atoms with van der Waals surface area (Å²) in [6, 6.07) is 3.17. The van der Waals surface area contributed by atoms with Crippen molar-refractivity contribution in [2.45, 2.75) is 24.9 Å². The largest absolute Gasteiger partial charge is 0.389 e. The molecule has 7 heteroatoms. The van der Waals surface area contributed by atoms with Crippen molar-refractivity contribution in [1.29, 1.82) is 0 Å². The molecular weight excluding hydrogens is 281 g/mol. The summed E-state index contributed by atoms with van der Waals surface area (Å²) in [4.78, 5) is 12.7. The predicted octanol–water partition coefficient (Wildman–Crippen LogP) is 3.23. The first kappa shape index (κ1) is 14.7. The first-order valence-corrected chi connectivity index (χ1v) is 6.06. The fraction of sp³-hybridized carbons (Fsp3) is 0.462. The normalized spacial score (nSPS) is 16.1. The molecule has 2 nitrogen and oxygen atoms in total.